The first-order valence-corrected chi connectivity index (χ1v) is 10.9. The number of sulfonamides is 1. The maximum Gasteiger partial charge on any atom is 0.270 e. The fourth-order valence-electron chi connectivity index (χ4n) is 3.48. The summed E-state index contributed by atoms with van der Waals surface area (Å²) in [5.74, 6) is -0.511. The summed E-state index contributed by atoms with van der Waals surface area (Å²) in [6.07, 6.45) is 4.95. The lowest BCUT2D eigenvalue weighted by Gasteiger charge is -2.30. The Hall–Kier alpha value is -2.78. The van der Waals surface area contributed by atoms with Gasteiger partial charge in [-0.15, -0.1) is 0 Å². The number of anilines is 1. The summed E-state index contributed by atoms with van der Waals surface area (Å²) in [5, 5.41) is 13.5. The largest absolute Gasteiger partial charge is 0.322 e. The molecule has 0 unspecified atom stereocenters. The van der Waals surface area contributed by atoms with Crippen LogP contribution in [-0.4, -0.2) is 36.6 Å². The first kappa shape index (κ1) is 20.9. The molecule has 2 aromatic rings. The van der Waals surface area contributed by atoms with Gasteiger partial charge in [0.1, 0.15) is 0 Å². The second kappa shape index (κ2) is 8.71. The number of benzene rings is 2. The minimum absolute atomic E-state index is 0.0157. The molecule has 1 fully saturated rings. The quantitative estimate of drug-likeness (QED) is 0.568. The van der Waals surface area contributed by atoms with Gasteiger partial charge in [-0.1, -0.05) is 25.3 Å². The zero-order valence-corrected chi connectivity index (χ0v) is 16.9. The van der Waals surface area contributed by atoms with E-state index in [1.54, 1.807) is 7.05 Å². The van der Waals surface area contributed by atoms with Crippen molar-refractivity contribution < 1.29 is 18.1 Å². The molecule has 0 spiro atoms. The highest BCUT2D eigenvalue weighted by molar-refractivity contribution is 7.89. The Morgan fingerprint density at radius 3 is 2.38 bits per heavy atom. The van der Waals surface area contributed by atoms with E-state index in [0.29, 0.717) is 5.69 Å². The number of nitrogens with one attached hydrogen (secondary N) is 1. The number of hydrogen-bond donors (Lipinski definition) is 1. The molecule has 1 aliphatic rings. The Bertz CT molecular complexity index is 999. The molecular weight excluding hydrogens is 394 g/mol. The van der Waals surface area contributed by atoms with Crippen LogP contribution < -0.4 is 5.32 Å². The molecule has 0 radical (unpaired) electrons. The van der Waals surface area contributed by atoms with Crippen LogP contribution in [0.5, 0.6) is 0 Å². The number of nitro benzene ring substituents is 1. The van der Waals surface area contributed by atoms with Gasteiger partial charge in [0.05, 0.1) is 9.82 Å². The molecule has 0 heterocycles. The first-order valence-electron chi connectivity index (χ1n) is 9.43. The van der Waals surface area contributed by atoms with Crippen LogP contribution in [0.2, 0.25) is 0 Å². The third-order valence-electron chi connectivity index (χ3n) is 5.20. The number of carbonyl (C=O) groups excluding carboxylic acids is 1. The van der Waals surface area contributed by atoms with Gasteiger partial charge in [-0.25, -0.2) is 8.42 Å². The second-order valence-corrected chi connectivity index (χ2v) is 9.10. The monoisotopic (exact) mass is 417 g/mol. The maximum absolute atomic E-state index is 12.9. The highest BCUT2D eigenvalue weighted by atomic mass is 32.2. The van der Waals surface area contributed by atoms with Gasteiger partial charge >= 0.3 is 0 Å². The van der Waals surface area contributed by atoms with Crippen molar-refractivity contribution in [3.63, 3.8) is 0 Å². The molecule has 1 aliphatic carbocycles. The van der Waals surface area contributed by atoms with E-state index < -0.39 is 20.9 Å². The predicted octanol–water partition coefficient (Wildman–Crippen LogP) is 3.80. The van der Waals surface area contributed by atoms with E-state index >= 15 is 0 Å². The van der Waals surface area contributed by atoms with E-state index in [4.69, 9.17) is 0 Å². The van der Waals surface area contributed by atoms with Crippen molar-refractivity contribution in [3.05, 3.63) is 64.2 Å². The third-order valence-corrected chi connectivity index (χ3v) is 7.12. The minimum atomic E-state index is -3.61. The van der Waals surface area contributed by atoms with Crippen molar-refractivity contribution >= 4 is 27.3 Å². The van der Waals surface area contributed by atoms with Crippen LogP contribution >= 0.6 is 0 Å². The molecule has 0 bridgehead atoms. The molecule has 29 heavy (non-hydrogen) atoms. The molecule has 8 nitrogen and oxygen atoms in total. The SMILES string of the molecule is CN(C1CCCCC1)S(=O)(=O)c1ccc(NC(=O)c2cccc([N+](=O)[O-])c2)cc1. The Morgan fingerprint density at radius 1 is 1.10 bits per heavy atom. The van der Waals surface area contributed by atoms with Crippen LogP contribution in [0.3, 0.4) is 0 Å². The van der Waals surface area contributed by atoms with E-state index in [1.165, 1.54) is 52.8 Å². The van der Waals surface area contributed by atoms with Crippen molar-refractivity contribution in [2.45, 2.75) is 43.0 Å². The minimum Gasteiger partial charge on any atom is -0.322 e. The summed E-state index contributed by atoms with van der Waals surface area (Å²) in [7, 11) is -1.99. The number of nitro groups is 1. The number of rotatable bonds is 6. The molecule has 0 atom stereocenters. The molecule has 3 rings (SSSR count). The summed E-state index contributed by atoms with van der Waals surface area (Å²) >= 11 is 0. The van der Waals surface area contributed by atoms with Gasteiger partial charge < -0.3 is 5.32 Å². The van der Waals surface area contributed by atoms with Gasteiger partial charge in [0.25, 0.3) is 11.6 Å². The number of carbonyl (C=O) groups is 1. The van der Waals surface area contributed by atoms with Gasteiger partial charge in [0, 0.05) is 36.5 Å². The van der Waals surface area contributed by atoms with Crippen molar-refractivity contribution in [1.82, 2.24) is 4.31 Å². The molecule has 1 amide bonds. The fraction of sp³-hybridized carbons (Fsp3) is 0.350. The molecular formula is C20H23N3O5S. The Labute approximate surface area is 169 Å². The van der Waals surface area contributed by atoms with Gasteiger partial charge in [0.2, 0.25) is 10.0 Å². The summed E-state index contributed by atoms with van der Waals surface area (Å²) in [4.78, 5) is 22.8. The Balaban J connectivity index is 1.72. The van der Waals surface area contributed by atoms with Crippen molar-refractivity contribution in [2.75, 3.05) is 12.4 Å². The smallest absolute Gasteiger partial charge is 0.270 e. The molecule has 2 aromatic carbocycles. The number of nitrogens with zero attached hydrogens (tertiary/aromatic N) is 2. The highest BCUT2D eigenvalue weighted by Gasteiger charge is 2.29. The second-order valence-electron chi connectivity index (χ2n) is 7.10. The van der Waals surface area contributed by atoms with Crippen LogP contribution in [-0.2, 0) is 10.0 Å². The number of amides is 1. The third kappa shape index (κ3) is 4.80. The van der Waals surface area contributed by atoms with Gasteiger partial charge in [-0.2, -0.15) is 4.31 Å². The lowest BCUT2D eigenvalue weighted by atomic mass is 9.96. The summed E-state index contributed by atoms with van der Waals surface area (Å²) in [6.45, 7) is 0. The Kier molecular flexibility index (Phi) is 6.29. The van der Waals surface area contributed by atoms with E-state index in [0.717, 1.165) is 32.1 Å². The molecule has 1 saturated carbocycles. The van der Waals surface area contributed by atoms with Crippen molar-refractivity contribution in [3.8, 4) is 0 Å². The molecule has 154 valence electrons. The average molecular weight is 417 g/mol. The standard InChI is InChI=1S/C20H23N3O5S/c1-22(17-7-3-2-4-8-17)29(27,28)19-12-10-16(11-13-19)21-20(24)15-6-5-9-18(14-15)23(25)26/h5-6,9-14,17H,2-4,7-8H2,1H3,(H,21,24). The van der Waals surface area contributed by atoms with Crippen LogP contribution in [0.25, 0.3) is 0 Å². The average Bonchev–Trinajstić information content (AvgIpc) is 2.74. The van der Waals surface area contributed by atoms with E-state index in [1.807, 2.05) is 0 Å². The number of hydrogen-bond acceptors (Lipinski definition) is 5. The van der Waals surface area contributed by atoms with E-state index in [9.17, 15) is 23.3 Å². The number of non-ortho nitro benzene ring substituents is 1. The highest BCUT2D eigenvalue weighted by Crippen LogP contribution is 2.27. The van der Waals surface area contributed by atoms with Crippen molar-refractivity contribution in [2.24, 2.45) is 0 Å². The van der Waals surface area contributed by atoms with Crippen LogP contribution in [0.15, 0.2) is 53.4 Å². The topological polar surface area (TPSA) is 110 Å². The van der Waals surface area contributed by atoms with Crippen LogP contribution in [0.4, 0.5) is 11.4 Å². The normalized spacial score (nSPS) is 15.2. The van der Waals surface area contributed by atoms with Gasteiger partial charge in [-0.3, -0.25) is 14.9 Å². The summed E-state index contributed by atoms with van der Waals surface area (Å²) in [6, 6.07) is 11.3. The first-order chi connectivity index (χ1) is 13.8. The van der Waals surface area contributed by atoms with Crippen LogP contribution in [0.1, 0.15) is 42.5 Å². The molecule has 1 N–H and O–H groups in total. The predicted molar refractivity (Wildman–Crippen MR) is 109 cm³/mol. The van der Waals surface area contributed by atoms with Gasteiger partial charge in [-0.05, 0) is 43.2 Å². The lowest BCUT2D eigenvalue weighted by Crippen LogP contribution is -2.38. The van der Waals surface area contributed by atoms with Crippen LogP contribution in [0, 0.1) is 10.1 Å². The van der Waals surface area contributed by atoms with Crippen molar-refractivity contribution in [1.29, 1.82) is 0 Å². The summed E-state index contributed by atoms with van der Waals surface area (Å²) < 4.78 is 27.2. The van der Waals surface area contributed by atoms with E-state index in [-0.39, 0.29) is 22.2 Å². The van der Waals surface area contributed by atoms with E-state index in [2.05, 4.69) is 5.32 Å². The maximum atomic E-state index is 12.9. The fourth-order valence-corrected chi connectivity index (χ4v) is 4.90. The molecule has 9 heteroatoms. The Morgan fingerprint density at radius 2 is 1.76 bits per heavy atom. The van der Waals surface area contributed by atoms with Gasteiger partial charge in [0.15, 0.2) is 0 Å². The zero-order valence-electron chi connectivity index (χ0n) is 16.1. The molecule has 0 saturated heterocycles. The lowest BCUT2D eigenvalue weighted by molar-refractivity contribution is -0.384. The summed E-state index contributed by atoms with van der Waals surface area (Å²) in [5.41, 5.74) is 0.374. The molecule has 0 aromatic heterocycles. The molecule has 0 aliphatic heterocycles. The zero-order chi connectivity index (χ0) is 21.0.